The van der Waals surface area contributed by atoms with Gasteiger partial charge >= 0.3 is 0 Å². The highest BCUT2D eigenvalue weighted by Crippen LogP contribution is 2.28. The van der Waals surface area contributed by atoms with Gasteiger partial charge in [-0.3, -0.25) is 4.90 Å². The van der Waals surface area contributed by atoms with Crippen LogP contribution in [-0.4, -0.2) is 35.7 Å². The number of hydrogen-bond acceptors (Lipinski definition) is 4. The average Bonchev–Trinajstić information content (AvgIpc) is 2.76. The standard InChI is InChI=1S/C13H22N2OS/c14-8-13(11-5-7-17-10-11)15-6-3-1-2-4-12(15)9-16/h5,7,10,12-13,16H,1-4,6,8-9,14H2. The van der Waals surface area contributed by atoms with Crippen molar-refractivity contribution in [2.45, 2.75) is 37.8 Å². The van der Waals surface area contributed by atoms with Crippen LogP contribution in [0.5, 0.6) is 0 Å². The number of nitrogens with zero attached hydrogens (tertiary/aromatic N) is 1. The molecule has 3 nitrogen and oxygen atoms in total. The highest BCUT2D eigenvalue weighted by atomic mass is 32.1. The lowest BCUT2D eigenvalue weighted by Crippen LogP contribution is -2.43. The van der Waals surface area contributed by atoms with Crippen LogP contribution in [0.4, 0.5) is 0 Å². The Kier molecular flexibility index (Phi) is 4.98. The first-order valence-corrected chi connectivity index (χ1v) is 7.40. The fraction of sp³-hybridized carbons (Fsp3) is 0.692. The molecule has 0 aromatic carbocycles. The van der Waals surface area contributed by atoms with Crippen LogP contribution in [0.2, 0.25) is 0 Å². The molecule has 2 unspecified atom stereocenters. The summed E-state index contributed by atoms with van der Waals surface area (Å²) in [6.07, 6.45) is 4.81. The summed E-state index contributed by atoms with van der Waals surface area (Å²) in [5, 5.41) is 13.8. The summed E-state index contributed by atoms with van der Waals surface area (Å²) in [4.78, 5) is 2.41. The number of aliphatic hydroxyl groups is 1. The second-order valence-corrected chi connectivity index (χ2v) is 5.51. The lowest BCUT2D eigenvalue weighted by atomic mass is 10.1. The Labute approximate surface area is 107 Å². The smallest absolute Gasteiger partial charge is 0.0587 e. The van der Waals surface area contributed by atoms with Crippen molar-refractivity contribution in [1.29, 1.82) is 0 Å². The highest BCUT2D eigenvalue weighted by Gasteiger charge is 2.27. The van der Waals surface area contributed by atoms with Crippen LogP contribution >= 0.6 is 11.3 Å². The van der Waals surface area contributed by atoms with E-state index < -0.39 is 0 Å². The first kappa shape index (κ1) is 13.0. The Morgan fingerprint density at radius 2 is 2.35 bits per heavy atom. The maximum absolute atomic E-state index is 9.55. The molecule has 0 aliphatic carbocycles. The molecule has 0 radical (unpaired) electrons. The summed E-state index contributed by atoms with van der Waals surface area (Å²) >= 11 is 1.72. The molecule has 1 saturated heterocycles. The number of aliphatic hydroxyl groups excluding tert-OH is 1. The van der Waals surface area contributed by atoms with Crippen molar-refractivity contribution in [2.75, 3.05) is 19.7 Å². The predicted molar refractivity (Wildman–Crippen MR) is 72.2 cm³/mol. The molecule has 1 aromatic rings. The van der Waals surface area contributed by atoms with E-state index in [4.69, 9.17) is 5.73 Å². The van der Waals surface area contributed by atoms with Gasteiger partial charge in [0, 0.05) is 18.6 Å². The van der Waals surface area contributed by atoms with Gasteiger partial charge in [-0.25, -0.2) is 0 Å². The molecule has 1 aromatic heterocycles. The van der Waals surface area contributed by atoms with E-state index in [-0.39, 0.29) is 18.7 Å². The van der Waals surface area contributed by atoms with Gasteiger partial charge in [-0.1, -0.05) is 12.8 Å². The third-order valence-electron chi connectivity index (χ3n) is 3.68. The molecule has 0 saturated carbocycles. The molecule has 2 rings (SSSR count). The Bertz CT molecular complexity index is 315. The van der Waals surface area contributed by atoms with E-state index in [1.54, 1.807) is 11.3 Å². The Morgan fingerprint density at radius 1 is 1.47 bits per heavy atom. The quantitative estimate of drug-likeness (QED) is 0.864. The van der Waals surface area contributed by atoms with E-state index in [9.17, 15) is 5.11 Å². The van der Waals surface area contributed by atoms with Gasteiger partial charge in [-0.15, -0.1) is 0 Å². The van der Waals surface area contributed by atoms with E-state index in [1.807, 2.05) is 0 Å². The van der Waals surface area contributed by atoms with Crippen molar-refractivity contribution >= 4 is 11.3 Å². The summed E-state index contributed by atoms with van der Waals surface area (Å²) in [5.41, 5.74) is 7.25. The van der Waals surface area contributed by atoms with Crippen LogP contribution < -0.4 is 5.73 Å². The molecule has 2 atom stereocenters. The molecule has 2 heterocycles. The lowest BCUT2D eigenvalue weighted by molar-refractivity contribution is 0.0872. The van der Waals surface area contributed by atoms with Gasteiger partial charge < -0.3 is 10.8 Å². The molecule has 0 bridgehead atoms. The Hall–Kier alpha value is -0.420. The first-order chi connectivity index (χ1) is 8.36. The zero-order valence-corrected chi connectivity index (χ0v) is 11.0. The van der Waals surface area contributed by atoms with Crippen LogP contribution in [0.1, 0.15) is 37.3 Å². The van der Waals surface area contributed by atoms with Crippen molar-refractivity contribution in [3.63, 3.8) is 0 Å². The highest BCUT2D eigenvalue weighted by molar-refractivity contribution is 7.07. The van der Waals surface area contributed by atoms with E-state index >= 15 is 0 Å². The van der Waals surface area contributed by atoms with E-state index in [2.05, 4.69) is 21.7 Å². The van der Waals surface area contributed by atoms with Gasteiger partial charge in [0.15, 0.2) is 0 Å². The summed E-state index contributed by atoms with van der Waals surface area (Å²) in [6, 6.07) is 2.71. The number of thiophene rings is 1. The zero-order valence-electron chi connectivity index (χ0n) is 10.2. The van der Waals surface area contributed by atoms with Crippen LogP contribution in [0.3, 0.4) is 0 Å². The zero-order chi connectivity index (χ0) is 12.1. The van der Waals surface area contributed by atoms with E-state index in [1.165, 1.54) is 24.8 Å². The molecule has 17 heavy (non-hydrogen) atoms. The Balaban J connectivity index is 2.15. The molecular formula is C13H22N2OS. The van der Waals surface area contributed by atoms with Crippen LogP contribution in [0, 0.1) is 0 Å². The third kappa shape index (κ3) is 3.07. The largest absolute Gasteiger partial charge is 0.395 e. The summed E-state index contributed by atoms with van der Waals surface area (Å²) < 4.78 is 0. The third-order valence-corrected chi connectivity index (χ3v) is 4.39. The summed E-state index contributed by atoms with van der Waals surface area (Å²) in [6.45, 7) is 1.94. The number of likely N-dealkylation sites (tertiary alicyclic amines) is 1. The van der Waals surface area contributed by atoms with Crippen molar-refractivity contribution in [2.24, 2.45) is 5.73 Å². The topological polar surface area (TPSA) is 49.5 Å². The molecule has 0 amide bonds. The van der Waals surface area contributed by atoms with Gasteiger partial charge in [-0.2, -0.15) is 11.3 Å². The van der Waals surface area contributed by atoms with Gasteiger partial charge in [0.25, 0.3) is 0 Å². The predicted octanol–water partition coefficient (Wildman–Crippen LogP) is 1.98. The minimum atomic E-state index is 0.251. The molecule has 96 valence electrons. The van der Waals surface area contributed by atoms with Crippen molar-refractivity contribution < 1.29 is 5.11 Å². The van der Waals surface area contributed by atoms with E-state index in [0.717, 1.165) is 13.0 Å². The fourth-order valence-corrected chi connectivity index (χ4v) is 3.44. The normalized spacial score (nSPS) is 24.5. The van der Waals surface area contributed by atoms with Gasteiger partial charge in [-0.05, 0) is 41.8 Å². The monoisotopic (exact) mass is 254 g/mol. The van der Waals surface area contributed by atoms with Gasteiger partial charge in [0.05, 0.1) is 6.61 Å². The maximum Gasteiger partial charge on any atom is 0.0587 e. The van der Waals surface area contributed by atoms with Crippen molar-refractivity contribution in [3.05, 3.63) is 22.4 Å². The SMILES string of the molecule is NCC(c1ccsc1)N1CCCCCC1CO. The molecule has 0 spiro atoms. The van der Waals surface area contributed by atoms with E-state index in [0.29, 0.717) is 6.54 Å². The molecule has 1 fully saturated rings. The van der Waals surface area contributed by atoms with Crippen LogP contribution in [0.15, 0.2) is 16.8 Å². The maximum atomic E-state index is 9.55. The van der Waals surface area contributed by atoms with Gasteiger partial charge in [0.2, 0.25) is 0 Å². The second-order valence-electron chi connectivity index (χ2n) is 4.73. The second kappa shape index (κ2) is 6.50. The average molecular weight is 254 g/mol. The van der Waals surface area contributed by atoms with Crippen molar-refractivity contribution in [3.8, 4) is 0 Å². The molecule has 1 aliphatic rings. The van der Waals surface area contributed by atoms with Crippen LogP contribution in [-0.2, 0) is 0 Å². The fourth-order valence-electron chi connectivity index (χ4n) is 2.73. The Morgan fingerprint density at radius 3 is 3.00 bits per heavy atom. The minimum Gasteiger partial charge on any atom is -0.395 e. The molecule has 1 aliphatic heterocycles. The minimum absolute atomic E-state index is 0.251. The number of hydrogen-bond donors (Lipinski definition) is 2. The summed E-state index contributed by atoms with van der Waals surface area (Å²) in [7, 11) is 0. The van der Waals surface area contributed by atoms with Crippen LogP contribution in [0.25, 0.3) is 0 Å². The molecule has 4 heteroatoms. The number of rotatable bonds is 4. The summed E-state index contributed by atoms with van der Waals surface area (Å²) in [5.74, 6) is 0. The first-order valence-electron chi connectivity index (χ1n) is 6.45. The number of nitrogens with two attached hydrogens (primary N) is 1. The molecular weight excluding hydrogens is 232 g/mol. The van der Waals surface area contributed by atoms with Gasteiger partial charge in [0.1, 0.15) is 0 Å². The van der Waals surface area contributed by atoms with Crippen molar-refractivity contribution in [1.82, 2.24) is 4.90 Å². The molecule has 3 N–H and O–H groups in total. The lowest BCUT2D eigenvalue weighted by Gasteiger charge is -2.35.